The number of hydrogen-bond acceptors (Lipinski definition) is 11. The molecule has 0 radical (unpaired) electrons. The van der Waals surface area contributed by atoms with E-state index in [1.807, 2.05) is 24.3 Å². The number of aromatic nitrogens is 1. The van der Waals surface area contributed by atoms with Gasteiger partial charge < -0.3 is 47.5 Å². The quantitative estimate of drug-likeness (QED) is 0.102. The van der Waals surface area contributed by atoms with Crippen molar-refractivity contribution in [2.75, 3.05) is 33.3 Å². The van der Waals surface area contributed by atoms with Crippen LogP contribution in [0.3, 0.4) is 0 Å². The lowest BCUT2D eigenvalue weighted by molar-refractivity contribution is -0.141. The number of aromatic hydroxyl groups is 1. The van der Waals surface area contributed by atoms with Gasteiger partial charge in [-0.1, -0.05) is 57.2 Å². The number of carbonyl (C=O) groups excluding carboxylic acids is 5. The number of phenols is 1. The van der Waals surface area contributed by atoms with Gasteiger partial charge in [0, 0.05) is 36.7 Å². The molecule has 4 aromatic rings. The van der Waals surface area contributed by atoms with Gasteiger partial charge in [0.15, 0.2) is 0 Å². The topological polar surface area (TPSA) is 255 Å². The number of benzene rings is 3. The minimum Gasteiger partial charge on any atom is -0.507 e. The van der Waals surface area contributed by atoms with E-state index in [0.29, 0.717) is 33.8 Å². The Bertz CT molecular complexity index is 2380. The third-order valence-electron chi connectivity index (χ3n) is 10.9. The predicted molar refractivity (Wildman–Crippen MR) is 238 cm³/mol. The van der Waals surface area contributed by atoms with E-state index in [4.69, 9.17) is 26.5 Å². The molecule has 3 aromatic carbocycles. The maximum absolute atomic E-state index is 14.6. The number of rotatable bonds is 12. The van der Waals surface area contributed by atoms with E-state index in [9.17, 15) is 29.1 Å². The standard InChI is InChI=1S/C47H57N9O7/c1-26-22-36(30-9-12-32(13-10-30)47(4,5)6)52-27(2)40(26)44(60)54-35(16-17-48)46(62)56(7)41-31-11-15-39(63-21-19-50)34(25-31)33-23-29(8-14-38(33)57)24-37(43(59)51-20-18-49)55-42(58)28(3)53-45(41)61/h8-15,22-23,25,28,35,37,41,57H,16-17,19-21,24,48,50H2,1-7H3,(H,51,59)(H,53,61)(H,54,60)(H,55,58). The molecule has 2 heterocycles. The highest BCUT2D eigenvalue weighted by Crippen LogP contribution is 2.39. The smallest absolute Gasteiger partial charge is 0.254 e. The summed E-state index contributed by atoms with van der Waals surface area (Å²) >= 11 is 0. The van der Waals surface area contributed by atoms with Crippen molar-refractivity contribution in [2.45, 2.75) is 84.0 Å². The molecule has 4 atom stereocenters. The molecule has 5 rings (SSSR count). The number of aryl methyl sites for hydroxylation is 2. The highest BCUT2D eigenvalue weighted by atomic mass is 16.5. The number of nitrogens with one attached hydrogen (secondary N) is 4. The number of ether oxygens (including phenoxy) is 1. The molecule has 0 fully saturated rings. The predicted octanol–water partition coefficient (Wildman–Crippen LogP) is 3.21. The van der Waals surface area contributed by atoms with Gasteiger partial charge in [0.05, 0.1) is 23.0 Å². The van der Waals surface area contributed by atoms with Crippen molar-refractivity contribution in [3.05, 3.63) is 100 Å². The summed E-state index contributed by atoms with van der Waals surface area (Å²) in [6.07, 6.45) is -0.0206. The Morgan fingerprint density at radius 1 is 0.984 bits per heavy atom. The van der Waals surface area contributed by atoms with Crippen molar-refractivity contribution < 1.29 is 33.8 Å². The Morgan fingerprint density at radius 2 is 1.70 bits per heavy atom. The molecule has 4 unspecified atom stereocenters. The lowest BCUT2D eigenvalue weighted by atomic mass is 9.86. The van der Waals surface area contributed by atoms with Crippen molar-refractivity contribution in [1.82, 2.24) is 31.2 Å². The fraction of sp³-hybridized carbons (Fsp3) is 0.383. The zero-order chi connectivity index (χ0) is 46.2. The lowest BCUT2D eigenvalue weighted by Crippen LogP contribution is -2.56. The molecule has 16 nitrogen and oxygen atoms in total. The maximum atomic E-state index is 14.6. The van der Waals surface area contributed by atoms with Crippen LogP contribution in [0.4, 0.5) is 0 Å². The molecule has 9 N–H and O–H groups in total. The minimum absolute atomic E-state index is 0.00830. The Labute approximate surface area is 367 Å². The Balaban J connectivity index is 1.53. The molecule has 0 saturated heterocycles. The van der Waals surface area contributed by atoms with Crippen LogP contribution < -0.4 is 37.5 Å². The fourth-order valence-electron chi connectivity index (χ4n) is 7.54. The Morgan fingerprint density at radius 3 is 2.33 bits per heavy atom. The SMILES string of the molecule is Cc1cc(-c2ccc(C(C)(C)C)cc2)nc(C)c1C(=O)NC(CCN)C(=O)N(C)C1C(=O)NC(C)C(=O)NC(C(=O)NCC#N)Cc2ccc(O)c(c2)-c2cc1ccc2OCCN. The second-order valence-corrected chi connectivity index (χ2v) is 16.7. The van der Waals surface area contributed by atoms with Gasteiger partial charge in [-0.2, -0.15) is 5.26 Å². The lowest BCUT2D eigenvalue weighted by Gasteiger charge is -2.32. The first-order chi connectivity index (χ1) is 29.9. The van der Waals surface area contributed by atoms with Crippen LogP contribution in [0.1, 0.15) is 78.5 Å². The number of amides is 5. The number of fused-ring (bicyclic) bond motifs is 5. The summed E-state index contributed by atoms with van der Waals surface area (Å²) in [5.41, 5.74) is 17.3. The van der Waals surface area contributed by atoms with E-state index < -0.39 is 53.7 Å². The van der Waals surface area contributed by atoms with E-state index >= 15 is 0 Å². The largest absolute Gasteiger partial charge is 0.507 e. The molecule has 332 valence electrons. The van der Waals surface area contributed by atoms with E-state index in [0.717, 1.165) is 5.56 Å². The van der Waals surface area contributed by atoms with Gasteiger partial charge in [0.1, 0.15) is 48.8 Å². The Hall–Kier alpha value is -6.83. The third-order valence-corrected chi connectivity index (χ3v) is 10.9. The van der Waals surface area contributed by atoms with Crippen LogP contribution in [0.25, 0.3) is 22.4 Å². The number of nitrogens with two attached hydrogens (primary N) is 2. The van der Waals surface area contributed by atoms with Gasteiger partial charge in [-0.3, -0.25) is 29.0 Å². The number of phenolic OH excluding ortho intramolecular Hbond substituents is 1. The molecule has 4 bridgehead atoms. The number of pyridine rings is 1. The number of carbonyl (C=O) groups is 5. The zero-order valence-corrected chi connectivity index (χ0v) is 36.8. The van der Waals surface area contributed by atoms with E-state index in [1.54, 1.807) is 44.2 Å². The molecule has 63 heavy (non-hydrogen) atoms. The first-order valence-corrected chi connectivity index (χ1v) is 20.8. The summed E-state index contributed by atoms with van der Waals surface area (Å²) in [4.78, 5) is 75.9. The van der Waals surface area contributed by atoms with Gasteiger partial charge in [0.25, 0.3) is 5.91 Å². The van der Waals surface area contributed by atoms with Crippen LogP contribution in [0.5, 0.6) is 11.5 Å². The fourth-order valence-corrected chi connectivity index (χ4v) is 7.54. The second-order valence-electron chi connectivity index (χ2n) is 16.7. The van der Waals surface area contributed by atoms with Crippen LogP contribution in [-0.2, 0) is 31.0 Å². The van der Waals surface area contributed by atoms with Gasteiger partial charge in [-0.05, 0) is 91.7 Å². The highest BCUT2D eigenvalue weighted by molar-refractivity contribution is 6.01. The highest BCUT2D eigenvalue weighted by Gasteiger charge is 2.36. The molecule has 0 spiro atoms. The molecule has 0 saturated carbocycles. The minimum atomic E-state index is -1.41. The summed E-state index contributed by atoms with van der Waals surface area (Å²) in [5, 5.41) is 31.0. The normalized spacial score (nSPS) is 16.9. The summed E-state index contributed by atoms with van der Waals surface area (Å²) < 4.78 is 5.98. The number of hydrogen-bond donors (Lipinski definition) is 7. The van der Waals surface area contributed by atoms with Crippen LogP contribution in [-0.4, -0.2) is 95.9 Å². The number of likely N-dealkylation sites (N-methyl/N-ethyl adjacent to an activating group) is 1. The molecule has 16 heteroatoms. The second kappa shape index (κ2) is 20.4. The van der Waals surface area contributed by atoms with E-state index in [-0.39, 0.29) is 66.9 Å². The van der Waals surface area contributed by atoms with Crippen molar-refractivity contribution in [3.8, 4) is 40.0 Å². The van der Waals surface area contributed by atoms with Crippen molar-refractivity contribution >= 4 is 29.5 Å². The zero-order valence-electron chi connectivity index (χ0n) is 36.8. The number of nitriles is 1. The molecule has 5 amide bonds. The molecular weight excluding hydrogens is 803 g/mol. The van der Waals surface area contributed by atoms with Crippen LogP contribution in [0.2, 0.25) is 0 Å². The van der Waals surface area contributed by atoms with Crippen LogP contribution in [0.15, 0.2) is 66.7 Å². The van der Waals surface area contributed by atoms with Gasteiger partial charge in [-0.15, -0.1) is 0 Å². The molecule has 1 aliphatic rings. The van der Waals surface area contributed by atoms with Crippen LogP contribution in [0, 0.1) is 25.2 Å². The average Bonchev–Trinajstić information content (AvgIpc) is 3.24. The van der Waals surface area contributed by atoms with E-state index in [1.165, 1.54) is 30.5 Å². The summed E-state index contributed by atoms with van der Waals surface area (Å²) in [6, 6.07) is 16.2. The molecular formula is C47H57N9O7. The number of nitrogens with zero attached hydrogens (tertiary/aromatic N) is 3. The molecule has 0 aliphatic carbocycles. The van der Waals surface area contributed by atoms with Gasteiger partial charge in [-0.25, -0.2) is 0 Å². The van der Waals surface area contributed by atoms with Crippen molar-refractivity contribution in [2.24, 2.45) is 11.5 Å². The van der Waals surface area contributed by atoms with Gasteiger partial charge in [0.2, 0.25) is 23.6 Å². The van der Waals surface area contributed by atoms with Crippen molar-refractivity contribution in [3.63, 3.8) is 0 Å². The Kier molecular flexibility index (Phi) is 15.3. The van der Waals surface area contributed by atoms with Crippen molar-refractivity contribution in [1.29, 1.82) is 5.26 Å². The summed E-state index contributed by atoms with van der Waals surface area (Å²) in [6.45, 7) is 11.4. The van der Waals surface area contributed by atoms with Crippen LogP contribution >= 0.6 is 0 Å². The maximum Gasteiger partial charge on any atom is 0.254 e. The summed E-state index contributed by atoms with van der Waals surface area (Å²) in [7, 11) is 1.40. The average molecular weight is 860 g/mol. The molecule has 1 aliphatic heterocycles. The summed E-state index contributed by atoms with van der Waals surface area (Å²) in [5.74, 6) is -3.19. The van der Waals surface area contributed by atoms with Gasteiger partial charge >= 0.3 is 0 Å². The first-order valence-electron chi connectivity index (χ1n) is 20.8. The monoisotopic (exact) mass is 859 g/mol. The van der Waals surface area contributed by atoms with E-state index in [2.05, 4.69) is 54.2 Å². The first kappa shape index (κ1) is 47.2. The molecule has 1 aromatic heterocycles. The third kappa shape index (κ3) is 11.2.